The monoisotopic (exact) mass is 411 g/mol. The van der Waals surface area contributed by atoms with Crippen molar-refractivity contribution in [3.05, 3.63) is 72.5 Å². The van der Waals surface area contributed by atoms with Gasteiger partial charge in [0.05, 0.1) is 19.4 Å². The van der Waals surface area contributed by atoms with Crippen LogP contribution in [0.2, 0.25) is 0 Å². The molecule has 0 radical (unpaired) electrons. The zero-order valence-electron chi connectivity index (χ0n) is 16.4. The van der Waals surface area contributed by atoms with Gasteiger partial charge in [-0.15, -0.1) is 16.8 Å². The van der Waals surface area contributed by atoms with Crippen molar-refractivity contribution in [3.63, 3.8) is 0 Å². The van der Waals surface area contributed by atoms with Gasteiger partial charge in [-0.1, -0.05) is 35.5 Å². The SMILES string of the molecule is C=CCn1c(CNc2ccc(C)cc2)nnc1SCCC(=O)NCc1ccco1. The summed E-state index contributed by atoms with van der Waals surface area (Å²) >= 11 is 1.51. The number of hydrogen-bond acceptors (Lipinski definition) is 6. The van der Waals surface area contributed by atoms with Crippen LogP contribution in [0.3, 0.4) is 0 Å². The number of hydrogen-bond donors (Lipinski definition) is 2. The van der Waals surface area contributed by atoms with Crippen molar-refractivity contribution in [1.82, 2.24) is 20.1 Å². The van der Waals surface area contributed by atoms with E-state index < -0.39 is 0 Å². The quantitative estimate of drug-likeness (QED) is 0.369. The van der Waals surface area contributed by atoms with E-state index in [1.807, 2.05) is 28.8 Å². The molecule has 8 heteroatoms. The molecular formula is C21H25N5O2S. The van der Waals surface area contributed by atoms with Gasteiger partial charge in [0.15, 0.2) is 11.0 Å². The molecule has 2 N–H and O–H groups in total. The summed E-state index contributed by atoms with van der Waals surface area (Å²) in [6, 6.07) is 11.8. The highest BCUT2D eigenvalue weighted by molar-refractivity contribution is 7.99. The number of aromatic nitrogens is 3. The van der Waals surface area contributed by atoms with E-state index in [2.05, 4.69) is 46.5 Å². The lowest BCUT2D eigenvalue weighted by Crippen LogP contribution is -2.22. The fourth-order valence-electron chi connectivity index (χ4n) is 2.64. The summed E-state index contributed by atoms with van der Waals surface area (Å²) < 4.78 is 7.22. The molecule has 7 nitrogen and oxygen atoms in total. The number of amides is 1. The maximum absolute atomic E-state index is 12.0. The van der Waals surface area contributed by atoms with Crippen LogP contribution in [0.1, 0.15) is 23.6 Å². The lowest BCUT2D eigenvalue weighted by molar-refractivity contribution is -0.120. The summed E-state index contributed by atoms with van der Waals surface area (Å²) in [5.74, 6) is 2.16. The van der Waals surface area contributed by atoms with Crippen LogP contribution in [-0.2, 0) is 24.4 Å². The van der Waals surface area contributed by atoms with Gasteiger partial charge in [0, 0.05) is 24.4 Å². The summed E-state index contributed by atoms with van der Waals surface area (Å²) in [6.45, 7) is 7.47. The van der Waals surface area contributed by atoms with E-state index >= 15 is 0 Å². The lowest BCUT2D eigenvalue weighted by atomic mass is 10.2. The minimum absolute atomic E-state index is 0.0232. The highest BCUT2D eigenvalue weighted by Gasteiger charge is 2.12. The fourth-order valence-corrected chi connectivity index (χ4v) is 3.55. The molecule has 3 rings (SSSR count). The first kappa shape index (κ1) is 20.7. The molecule has 0 saturated carbocycles. The zero-order valence-corrected chi connectivity index (χ0v) is 17.2. The largest absolute Gasteiger partial charge is 0.467 e. The van der Waals surface area contributed by atoms with Gasteiger partial charge in [-0.25, -0.2) is 0 Å². The molecule has 0 fully saturated rings. The highest BCUT2D eigenvalue weighted by atomic mass is 32.2. The van der Waals surface area contributed by atoms with Crippen molar-refractivity contribution < 1.29 is 9.21 Å². The Morgan fingerprint density at radius 1 is 1.24 bits per heavy atom. The zero-order chi connectivity index (χ0) is 20.5. The van der Waals surface area contributed by atoms with Crippen LogP contribution in [0.4, 0.5) is 5.69 Å². The summed E-state index contributed by atoms with van der Waals surface area (Å²) in [6.07, 6.45) is 3.80. The molecule has 0 aliphatic heterocycles. The second-order valence-electron chi connectivity index (χ2n) is 6.47. The molecule has 0 bridgehead atoms. The number of benzene rings is 1. The number of thioether (sulfide) groups is 1. The molecule has 2 heterocycles. The Morgan fingerprint density at radius 3 is 2.79 bits per heavy atom. The number of carbonyl (C=O) groups is 1. The summed E-state index contributed by atoms with van der Waals surface area (Å²) in [7, 11) is 0. The maximum Gasteiger partial charge on any atom is 0.221 e. The number of rotatable bonds is 11. The smallest absolute Gasteiger partial charge is 0.221 e. The van der Waals surface area contributed by atoms with Gasteiger partial charge in [-0.2, -0.15) is 0 Å². The van der Waals surface area contributed by atoms with E-state index in [1.165, 1.54) is 17.3 Å². The van der Waals surface area contributed by atoms with Crippen molar-refractivity contribution in [2.24, 2.45) is 0 Å². The molecule has 0 aliphatic carbocycles. The number of allylic oxidation sites excluding steroid dienone is 1. The van der Waals surface area contributed by atoms with Crippen LogP contribution >= 0.6 is 11.8 Å². The Morgan fingerprint density at radius 2 is 2.07 bits per heavy atom. The lowest BCUT2D eigenvalue weighted by Gasteiger charge is -2.09. The number of anilines is 1. The minimum atomic E-state index is -0.0232. The van der Waals surface area contributed by atoms with E-state index in [0.29, 0.717) is 31.8 Å². The second-order valence-corrected chi connectivity index (χ2v) is 7.53. The first-order chi connectivity index (χ1) is 14.2. The van der Waals surface area contributed by atoms with Crippen molar-refractivity contribution in [2.75, 3.05) is 11.1 Å². The topological polar surface area (TPSA) is 85.0 Å². The van der Waals surface area contributed by atoms with Gasteiger partial charge in [0.2, 0.25) is 5.91 Å². The molecule has 0 atom stereocenters. The van der Waals surface area contributed by atoms with Crippen molar-refractivity contribution in [3.8, 4) is 0 Å². The molecule has 0 saturated heterocycles. The Balaban J connectivity index is 1.50. The van der Waals surface area contributed by atoms with Gasteiger partial charge >= 0.3 is 0 Å². The molecule has 1 aromatic carbocycles. The Kier molecular flexibility index (Phi) is 7.52. The summed E-state index contributed by atoms with van der Waals surface area (Å²) in [5.41, 5.74) is 2.25. The van der Waals surface area contributed by atoms with Crippen LogP contribution in [0.5, 0.6) is 0 Å². The molecular weight excluding hydrogens is 386 g/mol. The molecule has 0 aliphatic rings. The molecule has 1 amide bonds. The number of nitrogens with one attached hydrogen (secondary N) is 2. The highest BCUT2D eigenvalue weighted by Crippen LogP contribution is 2.19. The predicted molar refractivity (Wildman–Crippen MR) is 115 cm³/mol. The van der Waals surface area contributed by atoms with Gasteiger partial charge in [-0.05, 0) is 31.2 Å². The van der Waals surface area contributed by atoms with Crippen molar-refractivity contribution in [2.45, 2.75) is 38.1 Å². The molecule has 0 spiro atoms. The molecule has 0 unspecified atom stereocenters. The van der Waals surface area contributed by atoms with E-state index in [1.54, 1.807) is 12.3 Å². The third-order valence-corrected chi connectivity index (χ3v) is 5.18. The van der Waals surface area contributed by atoms with Crippen molar-refractivity contribution in [1.29, 1.82) is 0 Å². The standard InChI is InChI=1S/C21H25N5O2S/c1-3-11-26-19(15-22-17-8-6-16(2)7-9-17)24-25-21(26)29-13-10-20(27)23-14-18-5-4-12-28-18/h3-9,12,22H,1,10-11,13-15H2,2H3,(H,23,27). The Labute approximate surface area is 174 Å². The van der Waals surface area contributed by atoms with E-state index in [-0.39, 0.29) is 5.91 Å². The average molecular weight is 412 g/mol. The van der Waals surface area contributed by atoms with Crippen molar-refractivity contribution >= 4 is 23.4 Å². The first-order valence-corrected chi connectivity index (χ1v) is 10.4. The first-order valence-electron chi connectivity index (χ1n) is 9.41. The number of furan rings is 1. The maximum atomic E-state index is 12.0. The molecule has 152 valence electrons. The van der Waals surface area contributed by atoms with Crippen LogP contribution < -0.4 is 10.6 Å². The second kappa shape index (κ2) is 10.5. The number of nitrogens with zero attached hydrogens (tertiary/aromatic N) is 3. The normalized spacial score (nSPS) is 10.7. The molecule has 2 aromatic heterocycles. The van der Waals surface area contributed by atoms with Gasteiger partial charge in [0.1, 0.15) is 5.76 Å². The van der Waals surface area contributed by atoms with Crippen LogP contribution in [0.15, 0.2) is 64.9 Å². The Bertz CT molecular complexity index is 919. The number of carbonyl (C=O) groups excluding carboxylic acids is 1. The van der Waals surface area contributed by atoms with Gasteiger partial charge in [-0.3, -0.25) is 4.79 Å². The van der Waals surface area contributed by atoms with Crippen LogP contribution in [0.25, 0.3) is 0 Å². The third kappa shape index (κ3) is 6.25. The average Bonchev–Trinajstić information content (AvgIpc) is 3.37. The fraction of sp³-hybridized carbons (Fsp3) is 0.286. The van der Waals surface area contributed by atoms with E-state index in [9.17, 15) is 4.79 Å². The number of aryl methyl sites for hydroxylation is 1. The van der Waals surface area contributed by atoms with Crippen LogP contribution in [-0.4, -0.2) is 26.4 Å². The third-order valence-electron chi connectivity index (χ3n) is 4.21. The van der Waals surface area contributed by atoms with Crippen LogP contribution in [0, 0.1) is 6.92 Å². The summed E-state index contributed by atoms with van der Waals surface area (Å²) in [5, 5.41) is 15.6. The molecule has 29 heavy (non-hydrogen) atoms. The Hall–Kier alpha value is -3.00. The minimum Gasteiger partial charge on any atom is -0.467 e. The predicted octanol–water partition coefficient (Wildman–Crippen LogP) is 3.78. The summed E-state index contributed by atoms with van der Waals surface area (Å²) in [4.78, 5) is 12.0. The van der Waals surface area contributed by atoms with E-state index in [0.717, 1.165) is 22.4 Å². The molecule has 3 aromatic rings. The van der Waals surface area contributed by atoms with Gasteiger partial charge < -0.3 is 19.6 Å². The van der Waals surface area contributed by atoms with Gasteiger partial charge in [0.25, 0.3) is 0 Å². The van der Waals surface area contributed by atoms with E-state index in [4.69, 9.17) is 4.42 Å².